The van der Waals surface area contributed by atoms with Crippen LogP contribution in [0.4, 0.5) is 0 Å². The Hall–Kier alpha value is -0.823. The maximum absolute atomic E-state index is 8.92. The smallest absolute Gasteiger partial charge is 0.129 e. The van der Waals surface area contributed by atoms with E-state index in [4.69, 9.17) is 26.8 Å². The van der Waals surface area contributed by atoms with E-state index in [-0.39, 0.29) is 19.6 Å². The van der Waals surface area contributed by atoms with Crippen LogP contribution in [0.15, 0.2) is 0 Å². The van der Waals surface area contributed by atoms with Crippen LogP contribution in [0.3, 0.4) is 0 Å². The highest BCUT2D eigenvalue weighted by Gasteiger charge is 2.07. The van der Waals surface area contributed by atoms with Gasteiger partial charge in [-0.2, -0.15) is 0 Å². The van der Waals surface area contributed by atoms with Crippen molar-refractivity contribution >= 4 is 8.07 Å². The Bertz CT molecular complexity index is 293. The van der Waals surface area contributed by atoms with Crippen molar-refractivity contribution in [3.05, 3.63) is 0 Å². The zero-order valence-electron chi connectivity index (χ0n) is 11.3. The lowest BCUT2D eigenvalue weighted by atomic mass is 10.3. The third kappa shape index (κ3) is 17.6. The summed E-state index contributed by atoms with van der Waals surface area (Å²) in [7, 11) is -1.29. The lowest BCUT2D eigenvalue weighted by Gasteiger charge is -2.04. The van der Waals surface area contributed by atoms with Gasteiger partial charge < -0.3 is 20.4 Å². The second-order valence-electron chi connectivity index (χ2n) is 4.84. The minimum absolute atomic E-state index is 0.194. The summed E-state index contributed by atoms with van der Waals surface area (Å²) in [6.45, 7) is 5.99. The zero-order chi connectivity index (χ0) is 14.6. The molecule has 0 spiro atoms. The molecule has 0 radical (unpaired) electrons. The number of hydrogen-bond donors (Lipinski definition) is 4. The van der Waals surface area contributed by atoms with Crippen molar-refractivity contribution in [1.82, 2.24) is 0 Å². The first kappa shape index (κ1) is 19.5. The van der Waals surface area contributed by atoms with Crippen LogP contribution in [0.1, 0.15) is 12.8 Å². The Morgan fingerprint density at radius 1 is 1.00 bits per heavy atom. The summed E-state index contributed by atoms with van der Waals surface area (Å²) in [4.78, 5) is 0. The summed E-state index contributed by atoms with van der Waals surface area (Å²) >= 11 is 0. The van der Waals surface area contributed by atoms with Crippen molar-refractivity contribution in [3.8, 4) is 23.8 Å². The molecule has 2 unspecified atom stereocenters. The minimum Gasteiger partial charge on any atom is -0.394 e. The molecule has 0 fully saturated rings. The third-order valence-electron chi connectivity index (χ3n) is 1.58. The van der Waals surface area contributed by atoms with Gasteiger partial charge in [-0.25, -0.2) is 0 Å². The number of rotatable bonds is 4. The SMILES string of the molecule is C#CCC(O)CO.C[Si](C)(C)C#CCC(O)CO. The van der Waals surface area contributed by atoms with Gasteiger partial charge in [0.05, 0.1) is 25.4 Å². The van der Waals surface area contributed by atoms with Crippen molar-refractivity contribution in [1.29, 1.82) is 0 Å². The average molecular weight is 272 g/mol. The van der Waals surface area contributed by atoms with E-state index in [1.54, 1.807) is 0 Å². The molecule has 2 atom stereocenters. The summed E-state index contributed by atoms with van der Waals surface area (Å²) < 4.78 is 0. The Morgan fingerprint density at radius 2 is 1.44 bits per heavy atom. The van der Waals surface area contributed by atoms with E-state index in [2.05, 4.69) is 37.0 Å². The van der Waals surface area contributed by atoms with Gasteiger partial charge >= 0.3 is 0 Å². The number of aliphatic hydroxyl groups excluding tert-OH is 4. The average Bonchev–Trinajstić information content (AvgIpc) is 2.28. The van der Waals surface area contributed by atoms with Crippen LogP contribution in [0.2, 0.25) is 19.6 Å². The van der Waals surface area contributed by atoms with Crippen LogP contribution >= 0.6 is 0 Å². The normalized spacial score (nSPS) is 13.2. The van der Waals surface area contributed by atoms with Crippen molar-refractivity contribution in [2.24, 2.45) is 0 Å². The predicted octanol–water partition coefficient (Wildman–Crippen LogP) is -0.0266. The number of terminal acetylenes is 1. The molecule has 0 aromatic carbocycles. The van der Waals surface area contributed by atoms with Gasteiger partial charge in [0.1, 0.15) is 8.07 Å². The van der Waals surface area contributed by atoms with Crippen LogP contribution in [0.25, 0.3) is 0 Å². The highest BCUT2D eigenvalue weighted by Crippen LogP contribution is 1.97. The monoisotopic (exact) mass is 272 g/mol. The molecule has 0 saturated heterocycles. The molecule has 0 bridgehead atoms. The molecule has 18 heavy (non-hydrogen) atoms. The fourth-order valence-corrected chi connectivity index (χ4v) is 1.33. The van der Waals surface area contributed by atoms with Crippen LogP contribution < -0.4 is 0 Å². The first-order valence-electron chi connectivity index (χ1n) is 5.78. The van der Waals surface area contributed by atoms with E-state index in [1.807, 2.05) is 0 Å². The minimum atomic E-state index is -1.29. The zero-order valence-corrected chi connectivity index (χ0v) is 12.3. The van der Waals surface area contributed by atoms with E-state index in [0.29, 0.717) is 6.42 Å². The molecular formula is C13H24O4Si. The lowest BCUT2D eigenvalue weighted by Crippen LogP contribution is -2.17. The van der Waals surface area contributed by atoms with Crippen LogP contribution in [-0.4, -0.2) is 53.9 Å². The van der Waals surface area contributed by atoms with Gasteiger partial charge in [0.15, 0.2) is 0 Å². The van der Waals surface area contributed by atoms with E-state index in [0.717, 1.165) is 0 Å². The van der Waals surface area contributed by atoms with E-state index in [9.17, 15) is 0 Å². The highest BCUT2D eigenvalue weighted by atomic mass is 28.3. The standard InChI is InChI=1S/C8H16O2Si.C5H8O2/c1-11(2,3)6-4-5-8(10)7-9;1-2-3-5(7)4-6/h8-10H,5,7H2,1-3H3;1,5-7H,3-4H2. The van der Waals surface area contributed by atoms with Crippen LogP contribution in [0.5, 0.6) is 0 Å². The summed E-state index contributed by atoms with van der Waals surface area (Å²) in [5.74, 6) is 5.09. The Labute approximate surface area is 111 Å². The molecule has 0 heterocycles. The molecule has 104 valence electrons. The molecule has 0 rings (SSSR count). The highest BCUT2D eigenvalue weighted by molar-refractivity contribution is 6.83. The Morgan fingerprint density at radius 3 is 1.72 bits per heavy atom. The van der Waals surface area contributed by atoms with Gasteiger partial charge in [0.2, 0.25) is 0 Å². The van der Waals surface area contributed by atoms with Gasteiger partial charge in [-0.15, -0.1) is 23.8 Å². The predicted molar refractivity (Wildman–Crippen MR) is 75.4 cm³/mol. The molecule has 4 N–H and O–H groups in total. The molecule has 0 aromatic rings. The van der Waals surface area contributed by atoms with E-state index in [1.165, 1.54) is 0 Å². The van der Waals surface area contributed by atoms with Crippen molar-refractivity contribution in [3.63, 3.8) is 0 Å². The Balaban J connectivity index is 0. The van der Waals surface area contributed by atoms with Crippen LogP contribution in [0, 0.1) is 23.8 Å². The molecule has 5 heteroatoms. The van der Waals surface area contributed by atoms with Gasteiger partial charge in [0, 0.05) is 12.8 Å². The van der Waals surface area contributed by atoms with Gasteiger partial charge in [-0.1, -0.05) is 19.6 Å². The molecule has 0 aliphatic rings. The van der Waals surface area contributed by atoms with Crippen molar-refractivity contribution in [2.45, 2.75) is 44.7 Å². The molecule has 0 aromatic heterocycles. The molecule has 0 saturated carbocycles. The first-order chi connectivity index (χ1) is 8.26. The summed E-state index contributed by atoms with van der Waals surface area (Å²) in [6, 6.07) is 0. The summed E-state index contributed by atoms with van der Waals surface area (Å²) in [6.07, 6.45) is 4.01. The largest absolute Gasteiger partial charge is 0.394 e. The topological polar surface area (TPSA) is 80.9 Å². The molecule has 0 aliphatic heterocycles. The third-order valence-corrected chi connectivity index (χ3v) is 2.50. The van der Waals surface area contributed by atoms with Crippen molar-refractivity contribution in [2.75, 3.05) is 13.2 Å². The summed E-state index contributed by atoms with van der Waals surface area (Å²) in [5.41, 5.74) is 3.10. The quantitative estimate of drug-likeness (QED) is 0.428. The molecule has 0 aliphatic carbocycles. The fourth-order valence-electron chi connectivity index (χ4n) is 0.699. The van der Waals surface area contributed by atoms with Gasteiger partial charge in [-0.05, 0) is 0 Å². The maximum Gasteiger partial charge on any atom is 0.129 e. The Kier molecular flexibility index (Phi) is 12.2. The van der Waals surface area contributed by atoms with E-state index >= 15 is 0 Å². The maximum atomic E-state index is 8.92. The van der Waals surface area contributed by atoms with Crippen molar-refractivity contribution < 1.29 is 20.4 Å². The molecule has 0 amide bonds. The fraction of sp³-hybridized carbons (Fsp3) is 0.692. The second kappa shape index (κ2) is 11.3. The van der Waals surface area contributed by atoms with Crippen LogP contribution in [-0.2, 0) is 0 Å². The molecular weight excluding hydrogens is 248 g/mol. The number of hydrogen-bond acceptors (Lipinski definition) is 4. The first-order valence-corrected chi connectivity index (χ1v) is 9.28. The summed E-state index contributed by atoms with van der Waals surface area (Å²) in [5, 5.41) is 34.0. The van der Waals surface area contributed by atoms with Gasteiger partial charge in [-0.3, -0.25) is 0 Å². The lowest BCUT2D eigenvalue weighted by molar-refractivity contribution is 0.0992. The van der Waals surface area contributed by atoms with Gasteiger partial charge in [0.25, 0.3) is 0 Å². The molecule has 4 nitrogen and oxygen atoms in total. The van der Waals surface area contributed by atoms with E-state index < -0.39 is 20.3 Å². The number of aliphatic hydroxyl groups is 4. The second-order valence-corrected chi connectivity index (χ2v) is 9.59.